The Labute approximate surface area is 78.6 Å². The first-order valence-electron chi connectivity index (χ1n) is 2.83. The molecule has 11 heavy (non-hydrogen) atoms. The molecule has 0 saturated heterocycles. The van der Waals surface area contributed by atoms with Gasteiger partial charge < -0.3 is 15.2 Å². The fourth-order valence-corrected chi connectivity index (χ4v) is 0.540. The number of hydrogen-bond acceptors (Lipinski definition) is 3. The van der Waals surface area contributed by atoms with E-state index in [-0.39, 0.29) is 6.61 Å². The molecule has 0 saturated carbocycles. The Bertz CT molecular complexity index is 184. The van der Waals surface area contributed by atoms with Crippen LogP contribution in [0.15, 0.2) is 0 Å². The highest BCUT2D eigenvalue weighted by Crippen LogP contribution is 1.91. The second kappa shape index (κ2) is 6.24. The molecule has 4 nitrogen and oxygen atoms in total. The van der Waals surface area contributed by atoms with Gasteiger partial charge in [0.05, 0.1) is 0 Å². The van der Waals surface area contributed by atoms with E-state index in [0.29, 0.717) is 0 Å². The number of ether oxygens (including phenoxy) is 2. The molecule has 0 aliphatic heterocycles. The van der Waals surface area contributed by atoms with Gasteiger partial charge in [-0.3, -0.25) is 0 Å². The van der Waals surface area contributed by atoms with Crippen molar-refractivity contribution in [2.45, 2.75) is 13.2 Å². The number of amides is 1. The molecule has 0 heterocycles. The quantitative estimate of drug-likeness (QED) is 0.469. The highest BCUT2D eigenvalue weighted by Gasteiger charge is 2.03. The van der Waals surface area contributed by atoms with Crippen LogP contribution in [0.1, 0.15) is 6.92 Å². The van der Waals surface area contributed by atoms with Gasteiger partial charge in [0, 0.05) is 22.6 Å². The van der Waals surface area contributed by atoms with E-state index in [1.807, 2.05) is 22.6 Å². The molecule has 0 rings (SSSR count). The zero-order chi connectivity index (χ0) is 8.69. The average molecular weight is 269 g/mol. The average Bonchev–Trinajstić information content (AvgIpc) is 1.86. The van der Waals surface area contributed by atoms with Crippen LogP contribution in [-0.2, 0) is 9.47 Å². The minimum absolute atomic E-state index is 0.234. The summed E-state index contributed by atoms with van der Waals surface area (Å²) in [6.07, 6.45) is -1.48. The molecule has 5 heteroatoms. The summed E-state index contributed by atoms with van der Waals surface area (Å²) in [5.74, 6) is 2.63. The maximum atomic E-state index is 10.1. The summed E-state index contributed by atoms with van der Waals surface area (Å²) in [5.41, 5.74) is 4.72. The van der Waals surface area contributed by atoms with Crippen LogP contribution in [0.4, 0.5) is 4.79 Å². The first kappa shape index (κ1) is 10.5. The van der Waals surface area contributed by atoms with E-state index in [2.05, 4.69) is 14.6 Å². The summed E-state index contributed by atoms with van der Waals surface area (Å²) < 4.78 is 11.9. The van der Waals surface area contributed by atoms with Gasteiger partial charge in [0.2, 0.25) is 6.29 Å². The maximum Gasteiger partial charge on any atom is 0.406 e. The predicted molar refractivity (Wildman–Crippen MR) is 47.9 cm³/mol. The first-order chi connectivity index (χ1) is 5.16. The van der Waals surface area contributed by atoms with E-state index < -0.39 is 12.4 Å². The maximum absolute atomic E-state index is 10.1. The molecule has 0 aromatic rings. The van der Waals surface area contributed by atoms with Gasteiger partial charge >= 0.3 is 6.09 Å². The van der Waals surface area contributed by atoms with Crippen LogP contribution < -0.4 is 5.73 Å². The number of primary amides is 1. The van der Waals surface area contributed by atoms with Crippen LogP contribution in [0, 0.1) is 9.85 Å². The monoisotopic (exact) mass is 269 g/mol. The molecule has 62 valence electrons. The lowest BCUT2D eigenvalue weighted by molar-refractivity contribution is -0.0768. The second-order valence-corrected chi connectivity index (χ2v) is 2.13. The van der Waals surface area contributed by atoms with Crippen LogP contribution >= 0.6 is 22.6 Å². The molecule has 0 spiro atoms. The Kier molecular flexibility index (Phi) is 5.97. The Balaban J connectivity index is 3.41. The van der Waals surface area contributed by atoms with Crippen molar-refractivity contribution in [3.8, 4) is 9.85 Å². The summed E-state index contributed by atoms with van der Waals surface area (Å²) in [4.78, 5) is 10.1. The van der Waals surface area contributed by atoms with Crippen molar-refractivity contribution in [3.63, 3.8) is 0 Å². The molecule has 0 radical (unpaired) electrons. The standard InChI is InChI=1S/C6H8INO3/c1-5(11-6(8)9)10-4-2-3-7/h5H,4H2,1H3,(H2,8,9). The molecule has 1 amide bonds. The van der Waals surface area contributed by atoms with Crippen LogP contribution in [0.3, 0.4) is 0 Å². The van der Waals surface area contributed by atoms with Crippen molar-refractivity contribution in [1.29, 1.82) is 0 Å². The molecule has 0 fully saturated rings. The third kappa shape index (κ3) is 7.42. The van der Waals surface area contributed by atoms with Gasteiger partial charge in [-0.25, -0.2) is 4.79 Å². The summed E-state index contributed by atoms with van der Waals surface area (Å²) in [7, 11) is 0. The highest BCUT2D eigenvalue weighted by molar-refractivity contribution is 14.1. The molecule has 0 aliphatic carbocycles. The number of carbonyl (C=O) groups excluding carboxylic acids is 1. The van der Waals surface area contributed by atoms with E-state index in [1.165, 1.54) is 0 Å². The molecule has 0 aromatic heterocycles. The Hall–Kier alpha value is -0.480. The van der Waals surface area contributed by atoms with E-state index in [4.69, 9.17) is 10.5 Å². The van der Waals surface area contributed by atoms with Gasteiger partial charge in [-0.2, -0.15) is 0 Å². The van der Waals surface area contributed by atoms with E-state index in [1.54, 1.807) is 6.92 Å². The largest absolute Gasteiger partial charge is 0.420 e. The number of hydrogen-bond donors (Lipinski definition) is 1. The molecular formula is C6H8INO3. The summed E-state index contributed by atoms with van der Waals surface area (Å²) in [5, 5.41) is 0. The normalized spacial score (nSPS) is 11.1. The van der Waals surface area contributed by atoms with Crippen LogP contribution in [-0.4, -0.2) is 19.0 Å². The molecule has 0 aromatic carbocycles. The van der Waals surface area contributed by atoms with E-state index in [0.717, 1.165) is 0 Å². The number of rotatable bonds is 3. The van der Waals surface area contributed by atoms with Gasteiger partial charge in [0.1, 0.15) is 6.61 Å². The lowest BCUT2D eigenvalue weighted by Gasteiger charge is -2.09. The van der Waals surface area contributed by atoms with Crippen molar-refractivity contribution >= 4 is 28.7 Å². The fourth-order valence-electron chi connectivity index (χ4n) is 0.384. The lowest BCUT2D eigenvalue weighted by Crippen LogP contribution is -2.22. The fraction of sp³-hybridized carbons (Fsp3) is 0.500. The highest BCUT2D eigenvalue weighted by atomic mass is 127. The topological polar surface area (TPSA) is 61.6 Å². The second-order valence-electron chi connectivity index (χ2n) is 1.59. The molecule has 0 bridgehead atoms. The Morgan fingerprint density at radius 2 is 2.45 bits per heavy atom. The van der Waals surface area contributed by atoms with Crippen LogP contribution in [0.5, 0.6) is 0 Å². The Morgan fingerprint density at radius 3 is 2.91 bits per heavy atom. The van der Waals surface area contributed by atoms with Crippen molar-refractivity contribution < 1.29 is 14.3 Å². The number of carbonyl (C=O) groups is 1. The first-order valence-corrected chi connectivity index (χ1v) is 3.91. The van der Waals surface area contributed by atoms with Crippen molar-refractivity contribution in [1.82, 2.24) is 0 Å². The molecule has 0 aliphatic rings. The van der Waals surface area contributed by atoms with Crippen molar-refractivity contribution in [3.05, 3.63) is 0 Å². The third-order valence-corrected chi connectivity index (χ3v) is 1.12. The van der Waals surface area contributed by atoms with Gasteiger partial charge in [-0.15, -0.1) is 0 Å². The minimum atomic E-state index is -0.847. The number of nitrogens with two attached hydrogens (primary N) is 1. The van der Waals surface area contributed by atoms with Gasteiger partial charge in [0.15, 0.2) is 0 Å². The lowest BCUT2D eigenvalue weighted by atomic mass is 10.7. The van der Waals surface area contributed by atoms with Crippen molar-refractivity contribution in [2.24, 2.45) is 5.73 Å². The van der Waals surface area contributed by atoms with Gasteiger partial charge in [0.25, 0.3) is 0 Å². The minimum Gasteiger partial charge on any atom is -0.420 e. The SMILES string of the molecule is CC(OCC#CI)OC(N)=O. The number of halogens is 1. The summed E-state index contributed by atoms with van der Waals surface area (Å²) >= 11 is 1.89. The molecule has 1 atom stereocenters. The Morgan fingerprint density at radius 1 is 1.82 bits per heavy atom. The van der Waals surface area contributed by atoms with Crippen LogP contribution in [0.2, 0.25) is 0 Å². The molecular weight excluding hydrogens is 261 g/mol. The zero-order valence-corrected chi connectivity index (χ0v) is 8.12. The van der Waals surface area contributed by atoms with Crippen molar-refractivity contribution in [2.75, 3.05) is 6.61 Å². The summed E-state index contributed by atoms with van der Waals surface area (Å²) in [6.45, 7) is 1.80. The third-order valence-electron chi connectivity index (χ3n) is 0.739. The van der Waals surface area contributed by atoms with Gasteiger partial charge in [-0.1, -0.05) is 5.92 Å². The van der Waals surface area contributed by atoms with Crippen LogP contribution in [0.25, 0.3) is 0 Å². The van der Waals surface area contributed by atoms with E-state index >= 15 is 0 Å². The van der Waals surface area contributed by atoms with E-state index in [9.17, 15) is 4.79 Å². The van der Waals surface area contributed by atoms with Gasteiger partial charge in [-0.05, 0) is 10.9 Å². The smallest absolute Gasteiger partial charge is 0.406 e. The zero-order valence-electron chi connectivity index (χ0n) is 5.96. The predicted octanol–water partition coefficient (Wildman–Crippen LogP) is 0.840. The summed E-state index contributed by atoms with van der Waals surface area (Å²) in [6, 6.07) is 0. The molecule has 2 N–H and O–H groups in total. The molecule has 1 unspecified atom stereocenters.